The van der Waals surface area contributed by atoms with E-state index in [1.54, 1.807) is 13.3 Å². The fraction of sp³-hybridized carbons (Fsp3) is 0.167. The van der Waals surface area contributed by atoms with Crippen LogP contribution in [0.25, 0.3) is 10.9 Å². The average molecular weight is 385 g/mol. The minimum absolute atomic E-state index is 0.174. The van der Waals surface area contributed by atoms with Gasteiger partial charge in [-0.2, -0.15) is 0 Å². The topological polar surface area (TPSA) is 67.3 Å². The van der Waals surface area contributed by atoms with Gasteiger partial charge in [-0.05, 0) is 55.3 Å². The predicted octanol–water partition coefficient (Wildman–Crippen LogP) is 5.16. The van der Waals surface area contributed by atoms with Crippen molar-refractivity contribution in [2.75, 3.05) is 12.4 Å². The number of pyridine rings is 2. The number of methoxy groups -OCH3 is 1. The fourth-order valence-electron chi connectivity index (χ4n) is 3.54. The Morgan fingerprint density at radius 2 is 1.83 bits per heavy atom. The molecule has 0 aliphatic heterocycles. The summed E-state index contributed by atoms with van der Waals surface area (Å²) in [5, 5.41) is 15.5. The molecule has 0 spiro atoms. The number of hydrogen-bond acceptors (Lipinski definition) is 5. The number of aryl methyl sites for hydroxylation is 2. The third-order valence-electron chi connectivity index (χ3n) is 5.03. The molecule has 0 amide bonds. The molecule has 2 aromatic carbocycles. The van der Waals surface area contributed by atoms with Crippen molar-refractivity contribution in [1.29, 1.82) is 0 Å². The maximum atomic E-state index is 11.1. The highest BCUT2D eigenvalue weighted by Gasteiger charge is 2.21. The number of anilines is 1. The minimum Gasteiger partial charge on any atom is -0.505 e. The predicted molar refractivity (Wildman–Crippen MR) is 116 cm³/mol. The van der Waals surface area contributed by atoms with Crippen LogP contribution in [0.2, 0.25) is 0 Å². The number of fused-ring (bicyclic) bond motifs is 1. The van der Waals surface area contributed by atoms with E-state index in [9.17, 15) is 5.11 Å². The van der Waals surface area contributed by atoms with Crippen molar-refractivity contribution in [3.05, 3.63) is 89.2 Å². The smallest absolute Gasteiger partial charge is 0.147 e. The summed E-state index contributed by atoms with van der Waals surface area (Å²) in [6, 6.07) is 19.2. The molecule has 2 N–H and O–H groups in total. The molecule has 0 radical (unpaired) electrons. The van der Waals surface area contributed by atoms with Crippen LogP contribution < -0.4 is 10.1 Å². The first-order chi connectivity index (χ1) is 14.1. The molecule has 0 unspecified atom stereocenters. The van der Waals surface area contributed by atoms with Crippen LogP contribution in [0, 0.1) is 13.8 Å². The normalized spacial score (nSPS) is 12.0. The van der Waals surface area contributed by atoms with Gasteiger partial charge in [-0.3, -0.25) is 0 Å². The zero-order valence-corrected chi connectivity index (χ0v) is 16.7. The number of rotatable bonds is 5. The summed E-state index contributed by atoms with van der Waals surface area (Å²) in [6.07, 6.45) is 1.74. The largest absolute Gasteiger partial charge is 0.505 e. The third kappa shape index (κ3) is 3.72. The number of benzene rings is 2. The molecule has 4 rings (SSSR count). The molecule has 2 aromatic heterocycles. The third-order valence-corrected chi connectivity index (χ3v) is 5.03. The maximum Gasteiger partial charge on any atom is 0.147 e. The quantitative estimate of drug-likeness (QED) is 0.496. The van der Waals surface area contributed by atoms with Crippen molar-refractivity contribution in [3.8, 4) is 11.5 Å². The van der Waals surface area contributed by atoms with Gasteiger partial charge in [0.25, 0.3) is 0 Å². The van der Waals surface area contributed by atoms with E-state index in [0.29, 0.717) is 5.52 Å². The zero-order chi connectivity index (χ0) is 20.4. The second-order valence-electron chi connectivity index (χ2n) is 7.05. The van der Waals surface area contributed by atoms with E-state index < -0.39 is 0 Å². The van der Waals surface area contributed by atoms with Gasteiger partial charge < -0.3 is 15.2 Å². The first kappa shape index (κ1) is 18.7. The molecule has 5 nitrogen and oxygen atoms in total. The number of nitrogens with zero attached hydrogens (tertiary/aromatic N) is 2. The summed E-state index contributed by atoms with van der Waals surface area (Å²) in [4.78, 5) is 8.95. The number of hydrogen-bond donors (Lipinski definition) is 2. The summed E-state index contributed by atoms with van der Waals surface area (Å²) in [5.41, 5.74) is 4.22. The fourth-order valence-corrected chi connectivity index (χ4v) is 3.54. The molecular formula is C24H23N3O2. The number of aromatic hydroxyl groups is 1. The SMILES string of the molecule is COc1ccc([C@H](Nc2ccccn2)c2ccc3ccc(C)nc3c2O)cc1C. The Bertz CT molecular complexity index is 1160. The van der Waals surface area contributed by atoms with Crippen molar-refractivity contribution in [1.82, 2.24) is 9.97 Å². The van der Waals surface area contributed by atoms with Crippen LogP contribution in [-0.4, -0.2) is 22.2 Å². The Morgan fingerprint density at radius 1 is 1.00 bits per heavy atom. The average Bonchev–Trinajstić information content (AvgIpc) is 2.74. The van der Waals surface area contributed by atoms with Gasteiger partial charge in [0.05, 0.1) is 13.2 Å². The summed E-state index contributed by atoms with van der Waals surface area (Å²) < 4.78 is 5.41. The molecule has 0 saturated carbocycles. The Hall–Kier alpha value is -3.60. The lowest BCUT2D eigenvalue weighted by Gasteiger charge is -2.23. The molecule has 4 aromatic rings. The molecule has 146 valence electrons. The van der Waals surface area contributed by atoms with Gasteiger partial charge in [0.1, 0.15) is 22.8 Å². The van der Waals surface area contributed by atoms with Crippen LogP contribution in [0.3, 0.4) is 0 Å². The Morgan fingerprint density at radius 3 is 2.55 bits per heavy atom. The van der Waals surface area contributed by atoms with Crippen LogP contribution in [0.4, 0.5) is 5.82 Å². The van der Waals surface area contributed by atoms with Gasteiger partial charge in [0.15, 0.2) is 0 Å². The summed E-state index contributed by atoms with van der Waals surface area (Å²) in [5.74, 6) is 1.72. The van der Waals surface area contributed by atoms with E-state index in [0.717, 1.165) is 39.3 Å². The Kier molecular flexibility index (Phi) is 5.04. The standard InChI is InChI=1S/C24H23N3O2/c1-15-14-18(10-12-20(15)29-3)22(27-21-6-4-5-13-25-21)19-11-9-17-8-7-16(2)26-23(17)24(19)28/h4-14,22,28H,1-3H3,(H,25,27)/t22-/m0/s1. The first-order valence-corrected chi connectivity index (χ1v) is 9.48. The molecule has 1 atom stereocenters. The highest BCUT2D eigenvalue weighted by molar-refractivity contribution is 5.86. The monoisotopic (exact) mass is 385 g/mol. The van der Waals surface area contributed by atoms with Crippen molar-refractivity contribution in [3.63, 3.8) is 0 Å². The number of aromatic nitrogens is 2. The molecular weight excluding hydrogens is 362 g/mol. The molecule has 5 heteroatoms. The van der Waals surface area contributed by atoms with E-state index in [4.69, 9.17) is 4.74 Å². The van der Waals surface area contributed by atoms with E-state index >= 15 is 0 Å². The van der Waals surface area contributed by atoms with Crippen molar-refractivity contribution >= 4 is 16.7 Å². The molecule has 0 aliphatic rings. The van der Waals surface area contributed by atoms with Gasteiger partial charge in [-0.25, -0.2) is 9.97 Å². The van der Waals surface area contributed by atoms with E-state index in [1.807, 2.05) is 68.4 Å². The first-order valence-electron chi connectivity index (χ1n) is 9.48. The molecule has 29 heavy (non-hydrogen) atoms. The summed E-state index contributed by atoms with van der Waals surface area (Å²) in [6.45, 7) is 3.92. The molecule has 0 fully saturated rings. The molecule has 0 aliphatic carbocycles. The van der Waals surface area contributed by atoms with Crippen LogP contribution >= 0.6 is 0 Å². The summed E-state index contributed by atoms with van der Waals surface area (Å²) in [7, 11) is 1.66. The number of phenolic OH excluding ortho intramolecular Hbond substituents is 1. The lowest BCUT2D eigenvalue weighted by molar-refractivity contribution is 0.411. The highest BCUT2D eigenvalue weighted by Crippen LogP contribution is 2.37. The van der Waals surface area contributed by atoms with E-state index in [1.165, 1.54) is 0 Å². The molecule has 0 bridgehead atoms. The van der Waals surface area contributed by atoms with Gasteiger partial charge in [-0.15, -0.1) is 0 Å². The van der Waals surface area contributed by atoms with Crippen molar-refractivity contribution in [2.24, 2.45) is 0 Å². The number of nitrogens with one attached hydrogen (secondary N) is 1. The number of phenols is 1. The molecule has 0 saturated heterocycles. The van der Waals surface area contributed by atoms with Crippen LogP contribution in [0.5, 0.6) is 11.5 Å². The van der Waals surface area contributed by atoms with Crippen LogP contribution in [0.1, 0.15) is 28.4 Å². The van der Waals surface area contributed by atoms with Gasteiger partial charge in [-0.1, -0.05) is 30.3 Å². The van der Waals surface area contributed by atoms with Crippen LogP contribution in [-0.2, 0) is 0 Å². The van der Waals surface area contributed by atoms with Crippen LogP contribution in [0.15, 0.2) is 66.9 Å². The lowest BCUT2D eigenvalue weighted by atomic mass is 9.95. The van der Waals surface area contributed by atoms with E-state index in [-0.39, 0.29) is 11.8 Å². The maximum absolute atomic E-state index is 11.1. The molecule has 2 heterocycles. The minimum atomic E-state index is -0.304. The van der Waals surface area contributed by atoms with Gasteiger partial charge in [0.2, 0.25) is 0 Å². The second kappa shape index (κ2) is 7.80. The number of ether oxygens (including phenoxy) is 1. The van der Waals surface area contributed by atoms with Crippen molar-refractivity contribution < 1.29 is 9.84 Å². The zero-order valence-electron chi connectivity index (χ0n) is 16.7. The van der Waals surface area contributed by atoms with Gasteiger partial charge in [0, 0.05) is 22.8 Å². The van der Waals surface area contributed by atoms with Gasteiger partial charge >= 0.3 is 0 Å². The second-order valence-corrected chi connectivity index (χ2v) is 7.05. The lowest BCUT2D eigenvalue weighted by Crippen LogP contribution is -2.14. The van der Waals surface area contributed by atoms with Crippen molar-refractivity contribution in [2.45, 2.75) is 19.9 Å². The van der Waals surface area contributed by atoms with E-state index in [2.05, 4.69) is 21.4 Å². The Balaban J connectivity index is 1.87. The Labute approximate surface area is 170 Å². The summed E-state index contributed by atoms with van der Waals surface area (Å²) >= 11 is 0. The highest BCUT2D eigenvalue weighted by atomic mass is 16.5.